The van der Waals surface area contributed by atoms with Crippen LogP contribution in [0.5, 0.6) is 0 Å². The van der Waals surface area contributed by atoms with Gasteiger partial charge in [-0.2, -0.15) is 0 Å². The van der Waals surface area contributed by atoms with Gasteiger partial charge in [-0.15, -0.1) is 0 Å². The quantitative estimate of drug-likeness (QED) is 0.753. The molecule has 1 aliphatic heterocycles. The van der Waals surface area contributed by atoms with E-state index in [1.54, 1.807) is 0 Å². The van der Waals surface area contributed by atoms with Crippen molar-refractivity contribution in [2.24, 2.45) is 22.5 Å². The number of unbranched alkanes of at least 4 members (excludes halogenated alkanes) is 1. The zero-order valence-corrected chi connectivity index (χ0v) is 13.5. The fraction of sp³-hybridized carbons (Fsp3) is 0.938. The van der Waals surface area contributed by atoms with Crippen LogP contribution >= 0.6 is 0 Å². The Balaban J connectivity index is 2.29. The highest BCUT2D eigenvalue weighted by Gasteiger charge is 2.36. The minimum Gasteiger partial charge on any atom is -0.342 e. The van der Waals surface area contributed by atoms with Gasteiger partial charge < -0.3 is 10.6 Å². The zero-order valence-electron chi connectivity index (χ0n) is 13.5. The lowest BCUT2D eigenvalue weighted by molar-refractivity contribution is -0.127. The van der Waals surface area contributed by atoms with Gasteiger partial charge in [-0.3, -0.25) is 4.79 Å². The number of rotatable bonds is 6. The minimum atomic E-state index is 0.239. The first-order valence-electron chi connectivity index (χ1n) is 7.63. The molecular weight excluding hydrogens is 236 g/mol. The van der Waals surface area contributed by atoms with Crippen molar-refractivity contribution in [1.29, 1.82) is 0 Å². The van der Waals surface area contributed by atoms with Crippen molar-refractivity contribution in [3.05, 3.63) is 0 Å². The molecule has 1 atom stereocenters. The minimum absolute atomic E-state index is 0.239. The van der Waals surface area contributed by atoms with Gasteiger partial charge in [-0.05, 0) is 36.1 Å². The summed E-state index contributed by atoms with van der Waals surface area (Å²) in [5.74, 6) is 0.860. The van der Waals surface area contributed by atoms with E-state index < -0.39 is 0 Å². The molecule has 19 heavy (non-hydrogen) atoms. The molecule has 0 aromatic carbocycles. The standard InChI is InChI=1S/C16H32N2O/c1-15(2,3)13-10-14(19)18(11-13)9-7-6-8-16(4,5)12-17/h13H,6-12,17H2,1-5H3. The van der Waals surface area contributed by atoms with Crippen LogP contribution in [0.2, 0.25) is 0 Å². The summed E-state index contributed by atoms with van der Waals surface area (Å²) in [5, 5.41) is 0. The third kappa shape index (κ3) is 5.13. The molecule has 1 fully saturated rings. The Labute approximate surface area is 118 Å². The largest absolute Gasteiger partial charge is 0.342 e. The predicted molar refractivity (Wildman–Crippen MR) is 80.8 cm³/mol. The van der Waals surface area contributed by atoms with Crippen LogP contribution in [0.25, 0.3) is 0 Å². The smallest absolute Gasteiger partial charge is 0.222 e. The molecule has 0 saturated carbocycles. The number of likely N-dealkylation sites (tertiary alicyclic amines) is 1. The van der Waals surface area contributed by atoms with Gasteiger partial charge in [0.2, 0.25) is 5.91 Å². The van der Waals surface area contributed by atoms with E-state index in [2.05, 4.69) is 39.5 Å². The first kappa shape index (κ1) is 16.5. The van der Waals surface area contributed by atoms with Gasteiger partial charge in [0.25, 0.3) is 0 Å². The van der Waals surface area contributed by atoms with Gasteiger partial charge in [0.1, 0.15) is 0 Å². The van der Waals surface area contributed by atoms with Crippen molar-refractivity contribution in [2.45, 2.75) is 60.3 Å². The lowest BCUT2D eigenvalue weighted by Gasteiger charge is -2.26. The molecule has 2 N–H and O–H groups in total. The summed E-state index contributed by atoms with van der Waals surface area (Å²) in [6.45, 7) is 13.7. The second kappa shape index (κ2) is 6.25. The molecule has 0 aromatic rings. The summed E-state index contributed by atoms with van der Waals surface area (Å²) < 4.78 is 0. The van der Waals surface area contributed by atoms with Crippen molar-refractivity contribution in [3.63, 3.8) is 0 Å². The van der Waals surface area contributed by atoms with Crippen LogP contribution in [-0.2, 0) is 4.79 Å². The molecule has 0 radical (unpaired) electrons. The monoisotopic (exact) mass is 268 g/mol. The Kier molecular flexibility index (Phi) is 5.43. The Morgan fingerprint density at radius 1 is 1.21 bits per heavy atom. The first-order valence-corrected chi connectivity index (χ1v) is 7.63. The Morgan fingerprint density at radius 2 is 1.84 bits per heavy atom. The number of hydrogen-bond acceptors (Lipinski definition) is 2. The third-order valence-corrected chi connectivity index (χ3v) is 4.52. The SMILES string of the molecule is CC(C)(CN)CCCCN1CC(C(C)(C)C)CC1=O. The average molecular weight is 268 g/mol. The lowest BCUT2D eigenvalue weighted by Crippen LogP contribution is -2.29. The molecule has 1 heterocycles. The number of nitrogens with zero attached hydrogens (tertiary/aromatic N) is 1. The Morgan fingerprint density at radius 3 is 2.32 bits per heavy atom. The molecule has 3 nitrogen and oxygen atoms in total. The maximum atomic E-state index is 12.0. The van der Waals surface area contributed by atoms with Crippen molar-refractivity contribution >= 4 is 5.91 Å². The van der Waals surface area contributed by atoms with Crippen LogP contribution in [-0.4, -0.2) is 30.4 Å². The zero-order chi connectivity index (χ0) is 14.7. The van der Waals surface area contributed by atoms with Crippen LogP contribution in [0.15, 0.2) is 0 Å². The maximum absolute atomic E-state index is 12.0. The van der Waals surface area contributed by atoms with Crippen LogP contribution < -0.4 is 5.73 Å². The van der Waals surface area contributed by atoms with E-state index in [-0.39, 0.29) is 10.8 Å². The maximum Gasteiger partial charge on any atom is 0.222 e. The van der Waals surface area contributed by atoms with Gasteiger partial charge in [-0.25, -0.2) is 0 Å². The predicted octanol–water partition coefficient (Wildman–Crippen LogP) is 3.04. The van der Waals surface area contributed by atoms with E-state index in [1.165, 1.54) is 0 Å². The van der Waals surface area contributed by atoms with Gasteiger partial charge in [0.15, 0.2) is 0 Å². The van der Waals surface area contributed by atoms with Crippen molar-refractivity contribution in [3.8, 4) is 0 Å². The summed E-state index contributed by atoms with van der Waals surface area (Å²) in [4.78, 5) is 14.0. The van der Waals surface area contributed by atoms with Gasteiger partial charge in [-0.1, -0.05) is 41.0 Å². The highest BCUT2D eigenvalue weighted by atomic mass is 16.2. The van der Waals surface area contributed by atoms with E-state index >= 15 is 0 Å². The molecule has 1 aliphatic rings. The fourth-order valence-electron chi connectivity index (χ4n) is 2.58. The highest BCUT2D eigenvalue weighted by molar-refractivity contribution is 5.78. The molecule has 1 saturated heterocycles. The van der Waals surface area contributed by atoms with E-state index in [9.17, 15) is 4.79 Å². The summed E-state index contributed by atoms with van der Waals surface area (Å²) >= 11 is 0. The molecule has 1 amide bonds. The number of hydrogen-bond donors (Lipinski definition) is 1. The number of amides is 1. The summed E-state index contributed by atoms with van der Waals surface area (Å²) in [6, 6.07) is 0. The number of carbonyl (C=O) groups is 1. The molecule has 0 aromatic heterocycles. The van der Waals surface area contributed by atoms with Gasteiger partial charge in [0, 0.05) is 19.5 Å². The topological polar surface area (TPSA) is 46.3 Å². The molecule has 0 bridgehead atoms. The van der Waals surface area contributed by atoms with Crippen molar-refractivity contribution < 1.29 is 4.79 Å². The molecule has 0 aliphatic carbocycles. The Hall–Kier alpha value is -0.570. The van der Waals surface area contributed by atoms with E-state index in [0.717, 1.165) is 45.3 Å². The van der Waals surface area contributed by atoms with E-state index in [1.807, 2.05) is 0 Å². The van der Waals surface area contributed by atoms with Crippen LogP contribution in [0.3, 0.4) is 0 Å². The summed E-state index contributed by atoms with van der Waals surface area (Å²) in [7, 11) is 0. The average Bonchev–Trinajstić information content (AvgIpc) is 2.66. The number of carbonyl (C=O) groups excluding carboxylic acids is 1. The molecule has 1 unspecified atom stereocenters. The van der Waals surface area contributed by atoms with Crippen molar-refractivity contribution in [1.82, 2.24) is 4.90 Å². The Bertz CT molecular complexity index is 304. The van der Waals surface area contributed by atoms with E-state index in [0.29, 0.717) is 11.8 Å². The molecule has 1 rings (SSSR count). The molecule has 3 heteroatoms. The second-order valence-electron chi connectivity index (χ2n) is 7.93. The fourth-order valence-corrected chi connectivity index (χ4v) is 2.58. The van der Waals surface area contributed by atoms with Crippen molar-refractivity contribution in [2.75, 3.05) is 19.6 Å². The summed E-state index contributed by atoms with van der Waals surface area (Å²) in [6.07, 6.45) is 4.15. The number of nitrogens with two attached hydrogens (primary N) is 1. The normalized spacial score (nSPS) is 21.3. The summed E-state index contributed by atoms with van der Waals surface area (Å²) in [5.41, 5.74) is 6.22. The highest BCUT2D eigenvalue weighted by Crippen LogP contribution is 2.34. The molecule has 0 spiro atoms. The molecular formula is C16H32N2O. The first-order chi connectivity index (χ1) is 8.65. The molecule has 112 valence electrons. The van der Waals surface area contributed by atoms with Crippen LogP contribution in [0.4, 0.5) is 0 Å². The van der Waals surface area contributed by atoms with Gasteiger partial charge >= 0.3 is 0 Å². The van der Waals surface area contributed by atoms with Crippen LogP contribution in [0, 0.1) is 16.7 Å². The third-order valence-electron chi connectivity index (χ3n) is 4.52. The van der Waals surface area contributed by atoms with E-state index in [4.69, 9.17) is 5.73 Å². The lowest BCUT2D eigenvalue weighted by atomic mass is 9.80. The van der Waals surface area contributed by atoms with Gasteiger partial charge in [0.05, 0.1) is 0 Å². The second-order valence-corrected chi connectivity index (χ2v) is 7.93. The van der Waals surface area contributed by atoms with Crippen LogP contribution in [0.1, 0.15) is 60.3 Å².